The van der Waals surface area contributed by atoms with Crippen LogP contribution in [0, 0.1) is 11.8 Å². The lowest BCUT2D eigenvalue weighted by molar-refractivity contribution is -0.150. The van der Waals surface area contributed by atoms with Crippen LogP contribution in [0.1, 0.15) is 12.8 Å². The van der Waals surface area contributed by atoms with Crippen LogP contribution in [-0.4, -0.2) is 35.0 Å². The van der Waals surface area contributed by atoms with E-state index in [1.165, 1.54) is 0 Å². The fraction of sp³-hybridized carbons (Fsp3) is 0.429. The molecule has 0 fully saturated rings. The number of carboxylic acid groups (broad SMARTS) is 1. The van der Waals surface area contributed by atoms with Gasteiger partial charge >= 0.3 is 5.97 Å². The second-order valence-corrected chi connectivity index (χ2v) is 4.31. The van der Waals surface area contributed by atoms with Crippen molar-refractivity contribution in [1.82, 2.24) is 4.90 Å². The number of carboxylic acids is 1. The smallest absolute Gasteiger partial charge is 0.307 e. The van der Waals surface area contributed by atoms with E-state index in [0.717, 1.165) is 0 Å². The second-order valence-electron chi connectivity index (χ2n) is 4.31. The molecule has 1 aliphatic rings. The third-order valence-electron chi connectivity index (χ3n) is 3.08. The summed E-state index contributed by atoms with van der Waals surface area (Å²) >= 11 is 0. The molecule has 0 aliphatic heterocycles. The molecule has 0 bridgehead atoms. The first-order chi connectivity index (χ1) is 8.61. The molecule has 2 atom stereocenters. The summed E-state index contributed by atoms with van der Waals surface area (Å²) in [6.45, 7) is 8.04. The highest BCUT2D eigenvalue weighted by atomic mass is 16.4. The standard InChI is InChI=1S/C14H19NO3/c1-3-9-15(10-4-2)13(16)11-7-5-6-8-12(11)14(17)18/h3-6,11-12H,1-2,7-10H2,(H,17,18). The molecule has 2 unspecified atom stereocenters. The van der Waals surface area contributed by atoms with Crippen LogP contribution < -0.4 is 0 Å². The number of nitrogens with zero attached hydrogens (tertiary/aromatic N) is 1. The maximum atomic E-state index is 12.3. The van der Waals surface area contributed by atoms with Gasteiger partial charge in [0.1, 0.15) is 0 Å². The van der Waals surface area contributed by atoms with Crippen LogP contribution in [0.3, 0.4) is 0 Å². The maximum absolute atomic E-state index is 12.3. The maximum Gasteiger partial charge on any atom is 0.307 e. The summed E-state index contributed by atoms with van der Waals surface area (Å²) < 4.78 is 0. The molecule has 18 heavy (non-hydrogen) atoms. The summed E-state index contributed by atoms with van der Waals surface area (Å²) in [5.74, 6) is -2.14. The molecule has 0 aromatic heterocycles. The molecule has 1 aliphatic carbocycles. The van der Waals surface area contributed by atoms with Crippen LogP contribution in [0.25, 0.3) is 0 Å². The van der Waals surface area contributed by atoms with Gasteiger partial charge in [0.2, 0.25) is 5.91 Å². The van der Waals surface area contributed by atoms with E-state index < -0.39 is 17.8 Å². The highest BCUT2D eigenvalue weighted by Crippen LogP contribution is 2.27. The van der Waals surface area contributed by atoms with Gasteiger partial charge in [-0.25, -0.2) is 0 Å². The molecule has 4 heteroatoms. The Kier molecular flexibility index (Phi) is 5.36. The lowest BCUT2D eigenvalue weighted by Crippen LogP contribution is -2.42. The van der Waals surface area contributed by atoms with Crippen molar-refractivity contribution in [2.75, 3.05) is 13.1 Å². The van der Waals surface area contributed by atoms with E-state index in [2.05, 4.69) is 13.2 Å². The molecular formula is C14H19NO3. The monoisotopic (exact) mass is 249 g/mol. The molecule has 0 aromatic carbocycles. The van der Waals surface area contributed by atoms with Gasteiger partial charge in [0.05, 0.1) is 11.8 Å². The Morgan fingerprint density at radius 2 is 1.67 bits per heavy atom. The van der Waals surface area contributed by atoms with Gasteiger partial charge in [-0.15, -0.1) is 13.2 Å². The van der Waals surface area contributed by atoms with Gasteiger partial charge in [-0.3, -0.25) is 9.59 Å². The average molecular weight is 249 g/mol. The average Bonchev–Trinajstić information content (AvgIpc) is 2.37. The number of amides is 1. The lowest BCUT2D eigenvalue weighted by atomic mass is 9.82. The van der Waals surface area contributed by atoms with Crippen LogP contribution in [0.2, 0.25) is 0 Å². The molecule has 0 heterocycles. The molecule has 4 nitrogen and oxygen atoms in total. The van der Waals surface area contributed by atoms with Gasteiger partial charge in [-0.2, -0.15) is 0 Å². The van der Waals surface area contributed by atoms with Crippen LogP contribution in [0.5, 0.6) is 0 Å². The van der Waals surface area contributed by atoms with Crippen molar-refractivity contribution in [2.45, 2.75) is 12.8 Å². The summed E-state index contributed by atoms with van der Waals surface area (Å²) in [7, 11) is 0. The van der Waals surface area contributed by atoms with E-state index in [1.807, 2.05) is 12.2 Å². The quantitative estimate of drug-likeness (QED) is 0.731. The van der Waals surface area contributed by atoms with Gasteiger partial charge in [0.25, 0.3) is 0 Å². The first-order valence-electron chi connectivity index (χ1n) is 6.00. The fourth-order valence-corrected chi connectivity index (χ4v) is 2.16. The van der Waals surface area contributed by atoms with Crippen LogP contribution in [0.4, 0.5) is 0 Å². The molecule has 0 saturated heterocycles. The normalized spacial score (nSPS) is 22.2. The molecule has 1 rings (SSSR count). The van der Waals surface area contributed by atoms with Crippen molar-refractivity contribution >= 4 is 11.9 Å². The molecule has 0 saturated carbocycles. The topological polar surface area (TPSA) is 57.6 Å². The minimum absolute atomic E-state index is 0.133. The van der Waals surface area contributed by atoms with Crippen molar-refractivity contribution in [3.63, 3.8) is 0 Å². The number of allylic oxidation sites excluding steroid dienone is 2. The Morgan fingerprint density at radius 1 is 1.17 bits per heavy atom. The Balaban J connectivity index is 2.84. The molecule has 98 valence electrons. The molecule has 0 radical (unpaired) electrons. The number of carbonyl (C=O) groups excluding carboxylic acids is 1. The van der Waals surface area contributed by atoms with Gasteiger partial charge in [-0.1, -0.05) is 24.3 Å². The molecule has 1 amide bonds. The molecular weight excluding hydrogens is 230 g/mol. The van der Waals surface area contributed by atoms with E-state index in [4.69, 9.17) is 5.11 Å². The summed E-state index contributed by atoms with van der Waals surface area (Å²) in [5.41, 5.74) is 0. The van der Waals surface area contributed by atoms with Crippen molar-refractivity contribution in [1.29, 1.82) is 0 Å². The zero-order chi connectivity index (χ0) is 13.5. The van der Waals surface area contributed by atoms with E-state index in [-0.39, 0.29) is 5.91 Å². The van der Waals surface area contributed by atoms with Gasteiger partial charge in [0.15, 0.2) is 0 Å². The summed E-state index contributed by atoms with van der Waals surface area (Å²) in [6.07, 6.45) is 7.88. The Morgan fingerprint density at radius 3 is 2.11 bits per heavy atom. The molecule has 0 spiro atoms. The van der Waals surface area contributed by atoms with E-state index >= 15 is 0 Å². The van der Waals surface area contributed by atoms with E-state index in [1.54, 1.807) is 17.1 Å². The summed E-state index contributed by atoms with van der Waals surface area (Å²) in [4.78, 5) is 25.1. The third kappa shape index (κ3) is 3.32. The number of hydrogen-bond acceptors (Lipinski definition) is 2. The highest BCUT2D eigenvalue weighted by molar-refractivity contribution is 5.85. The Labute approximate surface area is 107 Å². The van der Waals surface area contributed by atoms with Crippen molar-refractivity contribution in [3.8, 4) is 0 Å². The van der Waals surface area contributed by atoms with E-state index in [0.29, 0.717) is 25.9 Å². The number of carbonyl (C=O) groups is 2. The molecule has 1 N–H and O–H groups in total. The van der Waals surface area contributed by atoms with Crippen molar-refractivity contribution < 1.29 is 14.7 Å². The SMILES string of the molecule is C=CCN(CC=C)C(=O)C1CC=CCC1C(=O)O. The zero-order valence-electron chi connectivity index (χ0n) is 10.4. The first kappa shape index (κ1) is 14.2. The lowest BCUT2D eigenvalue weighted by Gasteiger charge is -2.29. The fourth-order valence-electron chi connectivity index (χ4n) is 2.16. The number of rotatable bonds is 6. The Hall–Kier alpha value is -1.84. The number of hydrogen-bond donors (Lipinski definition) is 1. The van der Waals surface area contributed by atoms with Gasteiger partial charge in [0, 0.05) is 13.1 Å². The Bertz CT molecular complexity index is 363. The van der Waals surface area contributed by atoms with Gasteiger partial charge < -0.3 is 10.0 Å². The highest BCUT2D eigenvalue weighted by Gasteiger charge is 2.35. The third-order valence-corrected chi connectivity index (χ3v) is 3.08. The predicted molar refractivity (Wildman–Crippen MR) is 70.0 cm³/mol. The van der Waals surface area contributed by atoms with Crippen LogP contribution >= 0.6 is 0 Å². The second kappa shape index (κ2) is 6.79. The van der Waals surface area contributed by atoms with Crippen molar-refractivity contribution in [2.24, 2.45) is 11.8 Å². The minimum Gasteiger partial charge on any atom is -0.481 e. The van der Waals surface area contributed by atoms with Crippen LogP contribution in [-0.2, 0) is 9.59 Å². The predicted octanol–water partition coefficient (Wildman–Crippen LogP) is 1.85. The minimum atomic E-state index is -0.908. The zero-order valence-corrected chi connectivity index (χ0v) is 10.4. The van der Waals surface area contributed by atoms with Gasteiger partial charge in [-0.05, 0) is 12.8 Å². The largest absolute Gasteiger partial charge is 0.481 e. The van der Waals surface area contributed by atoms with E-state index in [9.17, 15) is 9.59 Å². The van der Waals surface area contributed by atoms with Crippen LogP contribution in [0.15, 0.2) is 37.5 Å². The van der Waals surface area contributed by atoms with Crippen molar-refractivity contribution in [3.05, 3.63) is 37.5 Å². The molecule has 0 aromatic rings. The summed E-state index contributed by atoms with van der Waals surface area (Å²) in [6, 6.07) is 0. The first-order valence-corrected chi connectivity index (χ1v) is 6.00. The summed E-state index contributed by atoms with van der Waals surface area (Å²) in [5, 5.41) is 9.15. The number of aliphatic carboxylic acids is 1.